The van der Waals surface area contributed by atoms with Crippen molar-refractivity contribution in [1.29, 1.82) is 0 Å². The molecule has 0 radical (unpaired) electrons. The molecule has 4 rings (SSSR count). The molecular weight excluding hydrogens is 322 g/mol. The number of hydrogen-bond donors (Lipinski definition) is 1. The van der Waals surface area contributed by atoms with Crippen molar-refractivity contribution in [2.24, 2.45) is 0 Å². The first-order valence-electron chi connectivity index (χ1n) is 9.79. The van der Waals surface area contributed by atoms with E-state index in [1.165, 1.54) is 36.9 Å². The SMILES string of the molecule is O=C(CNc1ccccc1N1CCCCCC1)N1CCc2ccccc21. The Morgan fingerprint density at radius 3 is 2.35 bits per heavy atom. The molecule has 0 atom stereocenters. The van der Waals surface area contributed by atoms with E-state index in [9.17, 15) is 4.79 Å². The summed E-state index contributed by atoms with van der Waals surface area (Å²) in [4.78, 5) is 17.2. The monoisotopic (exact) mass is 349 g/mol. The molecular formula is C22H27N3O. The molecule has 4 nitrogen and oxygen atoms in total. The Morgan fingerprint density at radius 1 is 0.846 bits per heavy atom. The fourth-order valence-electron chi connectivity index (χ4n) is 4.07. The van der Waals surface area contributed by atoms with E-state index < -0.39 is 0 Å². The molecule has 1 fully saturated rings. The number of amides is 1. The van der Waals surface area contributed by atoms with Crippen LogP contribution >= 0.6 is 0 Å². The summed E-state index contributed by atoms with van der Waals surface area (Å²) in [6, 6.07) is 16.6. The summed E-state index contributed by atoms with van der Waals surface area (Å²) in [6.45, 7) is 3.32. The molecule has 2 aliphatic heterocycles. The van der Waals surface area contributed by atoms with Gasteiger partial charge in [-0.2, -0.15) is 0 Å². The average molecular weight is 349 g/mol. The van der Waals surface area contributed by atoms with Crippen LogP contribution in [-0.2, 0) is 11.2 Å². The zero-order valence-electron chi connectivity index (χ0n) is 15.3. The molecule has 0 bridgehead atoms. The van der Waals surface area contributed by atoms with Gasteiger partial charge in [0.1, 0.15) is 0 Å². The topological polar surface area (TPSA) is 35.6 Å². The lowest BCUT2D eigenvalue weighted by Crippen LogP contribution is -2.34. The van der Waals surface area contributed by atoms with Crippen LogP contribution in [0.5, 0.6) is 0 Å². The van der Waals surface area contributed by atoms with Crippen LogP contribution < -0.4 is 15.1 Å². The summed E-state index contributed by atoms with van der Waals surface area (Å²) in [5.74, 6) is 0.139. The smallest absolute Gasteiger partial charge is 0.246 e. The van der Waals surface area contributed by atoms with Gasteiger partial charge in [0.15, 0.2) is 0 Å². The second-order valence-electron chi connectivity index (χ2n) is 7.20. The van der Waals surface area contributed by atoms with Crippen molar-refractivity contribution in [3.63, 3.8) is 0 Å². The first-order valence-corrected chi connectivity index (χ1v) is 9.79. The van der Waals surface area contributed by atoms with E-state index in [-0.39, 0.29) is 5.91 Å². The molecule has 0 aliphatic carbocycles. The fraction of sp³-hybridized carbons (Fsp3) is 0.409. The minimum absolute atomic E-state index is 0.139. The molecule has 26 heavy (non-hydrogen) atoms. The van der Waals surface area contributed by atoms with E-state index in [2.05, 4.69) is 34.5 Å². The summed E-state index contributed by atoms with van der Waals surface area (Å²) in [5, 5.41) is 3.41. The number of carbonyl (C=O) groups is 1. The largest absolute Gasteiger partial charge is 0.374 e. The van der Waals surface area contributed by atoms with Crippen molar-refractivity contribution in [3.8, 4) is 0 Å². The number of para-hydroxylation sites is 3. The highest BCUT2D eigenvalue weighted by molar-refractivity contribution is 5.98. The van der Waals surface area contributed by atoms with Crippen LogP contribution in [0.15, 0.2) is 48.5 Å². The zero-order valence-corrected chi connectivity index (χ0v) is 15.3. The third kappa shape index (κ3) is 3.55. The molecule has 2 aromatic carbocycles. The van der Waals surface area contributed by atoms with Gasteiger partial charge in [-0.25, -0.2) is 0 Å². The van der Waals surface area contributed by atoms with Crippen molar-refractivity contribution in [2.45, 2.75) is 32.1 Å². The maximum atomic E-state index is 12.8. The van der Waals surface area contributed by atoms with Crippen molar-refractivity contribution < 1.29 is 4.79 Å². The van der Waals surface area contributed by atoms with Gasteiger partial charge in [0.25, 0.3) is 0 Å². The van der Waals surface area contributed by atoms with Crippen molar-refractivity contribution in [3.05, 3.63) is 54.1 Å². The third-order valence-corrected chi connectivity index (χ3v) is 5.47. The Bertz CT molecular complexity index is 765. The lowest BCUT2D eigenvalue weighted by Gasteiger charge is -2.26. The van der Waals surface area contributed by atoms with Crippen molar-refractivity contribution in [1.82, 2.24) is 0 Å². The van der Waals surface area contributed by atoms with Crippen molar-refractivity contribution in [2.75, 3.05) is 41.3 Å². The Labute approximate surface area is 155 Å². The minimum atomic E-state index is 0.139. The number of nitrogens with zero attached hydrogens (tertiary/aromatic N) is 2. The molecule has 4 heteroatoms. The second kappa shape index (κ2) is 7.81. The molecule has 0 saturated carbocycles. The Hall–Kier alpha value is -2.49. The molecule has 136 valence electrons. The first-order chi connectivity index (χ1) is 12.8. The third-order valence-electron chi connectivity index (χ3n) is 5.47. The van der Waals surface area contributed by atoms with E-state index in [0.717, 1.165) is 37.4 Å². The van der Waals surface area contributed by atoms with E-state index in [4.69, 9.17) is 0 Å². The van der Waals surface area contributed by atoms with E-state index in [1.807, 2.05) is 29.2 Å². The number of fused-ring (bicyclic) bond motifs is 1. The standard InChI is InChI=1S/C22H27N3O/c26-22(25-16-13-18-9-3-5-11-20(18)25)17-23-19-10-4-6-12-21(19)24-14-7-1-2-8-15-24/h3-6,9-12,23H,1-2,7-8,13-17H2. The van der Waals surface area contributed by atoms with Gasteiger partial charge in [0.05, 0.1) is 17.9 Å². The molecule has 2 aromatic rings. The van der Waals surface area contributed by atoms with Gasteiger partial charge < -0.3 is 15.1 Å². The van der Waals surface area contributed by atoms with Crippen LogP contribution in [0.25, 0.3) is 0 Å². The van der Waals surface area contributed by atoms with Gasteiger partial charge in [-0.05, 0) is 43.0 Å². The second-order valence-corrected chi connectivity index (χ2v) is 7.20. The molecule has 1 amide bonds. The molecule has 2 heterocycles. The van der Waals surface area contributed by atoms with Crippen LogP contribution in [0, 0.1) is 0 Å². The summed E-state index contributed by atoms with van der Waals surface area (Å²) >= 11 is 0. The molecule has 0 unspecified atom stereocenters. The van der Waals surface area contributed by atoms with Gasteiger partial charge in [0, 0.05) is 25.3 Å². The van der Waals surface area contributed by atoms with E-state index in [0.29, 0.717) is 6.54 Å². The van der Waals surface area contributed by atoms with E-state index >= 15 is 0 Å². The molecule has 1 saturated heterocycles. The van der Waals surface area contributed by atoms with Crippen LogP contribution in [0.1, 0.15) is 31.2 Å². The number of nitrogens with one attached hydrogen (secondary N) is 1. The highest BCUT2D eigenvalue weighted by atomic mass is 16.2. The number of anilines is 3. The number of benzene rings is 2. The summed E-state index contributed by atoms with van der Waals surface area (Å²) in [6.07, 6.45) is 6.08. The van der Waals surface area contributed by atoms with Crippen LogP contribution in [0.3, 0.4) is 0 Å². The summed E-state index contributed by atoms with van der Waals surface area (Å²) in [7, 11) is 0. The molecule has 2 aliphatic rings. The maximum absolute atomic E-state index is 12.8. The molecule has 0 spiro atoms. The summed E-state index contributed by atoms with van der Waals surface area (Å²) < 4.78 is 0. The Balaban J connectivity index is 1.44. The highest BCUT2D eigenvalue weighted by Gasteiger charge is 2.24. The fourth-order valence-corrected chi connectivity index (χ4v) is 4.07. The lowest BCUT2D eigenvalue weighted by molar-refractivity contribution is -0.116. The predicted molar refractivity (Wildman–Crippen MR) is 108 cm³/mol. The normalized spacial score (nSPS) is 16.9. The lowest BCUT2D eigenvalue weighted by atomic mass is 10.2. The maximum Gasteiger partial charge on any atom is 0.246 e. The average Bonchev–Trinajstić information content (AvgIpc) is 2.93. The molecule has 0 aromatic heterocycles. The zero-order chi connectivity index (χ0) is 17.8. The van der Waals surface area contributed by atoms with Crippen LogP contribution in [0.2, 0.25) is 0 Å². The predicted octanol–water partition coefficient (Wildman–Crippen LogP) is 4.07. The number of carbonyl (C=O) groups excluding carboxylic acids is 1. The van der Waals surface area contributed by atoms with E-state index in [1.54, 1.807) is 0 Å². The summed E-state index contributed by atoms with van der Waals surface area (Å²) in [5.41, 5.74) is 4.63. The van der Waals surface area contributed by atoms with Crippen LogP contribution in [0.4, 0.5) is 17.1 Å². The quantitative estimate of drug-likeness (QED) is 0.904. The van der Waals surface area contributed by atoms with Gasteiger partial charge in [0.2, 0.25) is 5.91 Å². The van der Waals surface area contributed by atoms with Crippen molar-refractivity contribution >= 4 is 23.0 Å². The highest BCUT2D eigenvalue weighted by Crippen LogP contribution is 2.29. The molecule has 1 N–H and O–H groups in total. The van der Waals surface area contributed by atoms with Gasteiger partial charge in [-0.15, -0.1) is 0 Å². The number of hydrogen-bond acceptors (Lipinski definition) is 3. The van der Waals surface area contributed by atoms with Gasteiger partial charge >= 0.3 is 0 Å². The Morgan fingerprint density at radius 2 is 1.54 bits per heavy atom. The Kier molecular flexibility index (Phi) is 5.09. The van der Waals surface area contributed by atoms with Crippen LogP contribution in [-0.4, -0.2) is 32.1 Å². The van der Waals surface area contributed by atoms with Gasteiger partial charge in [-0.3, -0.25) is 4.79 Å². The van der Waals surface area contributed by atoms with Gasteiger partial charge in [-0.1, -0.05) is 43.2 Å². The first kappa shape index (κ1) is 17.0. The number of rotatable bonds is 4. The minimum Gasteiger partial charge on any atom is -0.374 e.